The molecule has 2 aromatic rings. The van der Waals surface area contributed by atoms with Gasteiger partial charge in [-0.05, 0) is 42.8 Å². The molecule has 0 saturated heterocycles. The van der Waals surface area contributed by atoms with Crippen molar-refractivity contribution in [3.8, 4) is 6.07 Å². The molecule has 3 N–H and O–H groups in total. The molecule has 0 spiro atoms. The largest absolute Gasteiger partial charge is 0.397 e. The molecule has 108 valence electrons. The monoisotopic (exact) mass is 365 g/mol. The second kappa shape index (κ2) is 5.76. The summed E-state index contributed by atoms with van der Waals surface area (Å²) >= 11 is 3.26. The molecule has 0 heterocycles. The van der Waals surface area contributed by atoms with E-state index in [0.29, 0.717) is 16.9 Å². The van der Waals surface area contributed by atoms with Crippen molar-refractivity contribution in [1.82, 2.24) is 0 Å². The maximum atomic E-state index is 12.4. The first-order valence-corrected chi connectivity index (χ1v) is 8.20. The first-order chi connectivity index (χ1) is 9.83. The second-order valence-corrected chi connectivity index (χ2v) is 7.00. The van der Waals surface area contributed by atoms with Crippen LogP contribution < -0.4 is 10.5 Å². The van der Waals surface area contributed by atoms with Gasteiger partial charge >= 0.3 is 0 Å². The lowest BCUT2D eigenvalue weighted by molar-refractivity contribution is 0.600. The molecular weight excluding hydrogens is 354 g/mol. The van der Waals surface area contributed by atoms with E-state index in [4.69, 9.17) is 11.0 Å². The van der Waals surface area contributed by atoms with Crippen molar-refractivity contribution in [3.05, 3.63) is 52.0 Å². The Bertz CT molecular complexity index is 842. The minimum atomic E-state index is -3.81. The SMILES string of the molecule is Cc1ccc(C#N)cc1S(=O)(=O)Nc1ccc(Br)cc1N. The van der Waals surface area contributed by atoms with Crippen LogP contribution in [0.15, 0.2) is 45.8 Å². The second-order valence-electron chi connectivity index (χ2n) is 4.43. The van der Waals surface area contributed by atoms with Crippen LogP contribution in [0, 0.1) is 18.3 Å². The number of nitrogens with one attached hydrogen (secondary N) is 1. The van der Waals surface area contributed by atoms with Gasteiger partial charge in [-0.1, -0.05) is 22.0 Å². The summed E-state index contributed by atoms with van der Waals surface area (Å²) in [5.41, 5.74) is 7.23. The average molecular weight is 366 g/mol. The quantitative estimate of drug-likeness (QED) is 0.817. The van der Waals surface area contributed by atoms with Gasteiger partial charge in [-0.25, -0.2) is 8.42 Å². The summed E-state index contributed by atoms with van der Waals surface area (Å²) in [7, 11) is -3.81. The Kier molecular flexibility index (Phi) is 4.21. The number of nitrogen functional groups attached to an aromatic ring is 1. The van der Waals surface area contributed by atoms with Crippen molar-refractivity contribution in [2.24, 2.45) is 0 Å². The van der Waals surface area contributed by atoms with Crippen LogP contribution in [-0.2, 0) is 10.0 Å². The maximum absolute atomic E-state index is 12.4. The molecule has 0 fully saturated rings. The number of nitrogens with zero attached hydrogens (tertiary/aromatic N) is 1. The van der Waals surface area contributed by atoms with E-state index in [1.807, 2.05) is 6.07 Å². The molecule has 0 aliphatic heterocycles. The van der Waals surface area contributed by atoms with Gasteiger partial charge in [-0.2, -0.15) is 5.26 Å². The summed E-state index contributed by atoms with van der Waals surface area (Å²) in [6.45, 7) is 1.67. The topological polar surface area (TPSA) is 96.0 Å². The fourth-order valence-corrected chi connectivity index (χ4v) is 3.52. The summed E-state index contributed by atoms with van der Waals surface area (Å²) in [5.74, 6) is 0. The van der Waals surface area contributed by atoms with Gasteiger partial charge in [-0.3, -0.25) is 4.72 Å². The third-order valence-corrected chi connectivity index (χ3v) is 4.87. The van der Waals surface area contributed by atoms with Gasteiger partial charge < -0.3 is 5.73 Å². The van der Waals surface area contributed by atoms with E-state index in [2.05, 4.69) is 20.7 Å². The van der Waals surface area contributed by atoms with Crippen LogP contribution in [0.1, 0.15) is 11.1 Å². The Labute approximate surface area is 131 Å². The van der Waals surface area contributed by atoms with E-state index >= 15 is 0 Å². The highest BCUT2D eigenvalue weighted by atomic mass is 79.9. The van der Waals surface area contributed by atoms with E-state index in [-0.39, 0.29) is 10.5 Å². The Balaban J connectivity index is 2.46. The molecule has 21 heavy (non-hydrogen) atoms. The molecule has 0 atom stereocenters. The van der Waals surface area contributed by atoms with Gasteiger partial charge in [0.25, 0.3) is 10.0 Å². The highest BCUT2D eigenvalue weighted by Crippen LogP contribution is 2.26. The van der Waals surface area contributed by atoms with Crippen LogP contribution in [0.4, 0.5) is 11.4 Å². The molecule has 0 aliphatic rings. The van der Waals surface area contributed by atoms with Crippen molar-refractivity contribution in [1.29, 1.82) is 5.26 Å². The van der Waals surface area contributed by atoms with E-state index in [1.165, 1.54) is 6.07 Å². The number of nitrogens with two attached hydrogens (primary N) is 1. The fraction of sp³-hybridized carbons (Fsp3) is 0.0714. The van der Waals surface area contributed by atoms with Gasteiger partial charge in [0.05, 0.1) is 27.9 Å². The lowest BCUT2D eigenvalue weighted by atomic mass is 10.2. The third-order valence-electron chi connectivity index (χ3n) is 2.86. The molecule has 0 radical (unpaired) electrons. The Hall–Kier alpha value is -2.04. The van der Waals surface area contributed by atoms with E-state index in [0.717, 1.165) is 4.47 Å². The predicted molar refractivity (Wildman–Crippen MR) is 85.3 cm³/mol. The average Bonchev–Trinajstić information content (AvgIpc) is 2.42. The summed E-state index contributed by atoms with van der Waals surface area (Å²) in [5, 5.41) is 8.89. The zero-order chi connectivity index (χ0) is 15.6. The van der Waals surface area contributed by atoms with Crippen LogP contribution in [0.5, 0.6) is 0 Å². The van der Waals surface area contributed by atoms with Gasteiger partial charge in [0.15, 0.2) is 0 Å². The summed E-state index contributed by atoms with van der Waals surface area (Å²) in [4.78, 5) is 0.0591. The Morgan fingerprint density at radius 2 is 1.95 bits per heavy atom. The van der Waals surface area contributed by atoms with E-state index in [1.54, 1.807) is 37.3 Å². The molecule has 0 aliphatic carbocycles. The highest BCUT2D eigenvalue weighted by molar-refractivity contribution is 9.10. The standard InChI is InChI=1S/C14H12BrN3O2S/c1-9-2-3-10(8-16)6-14(9)21(19,20)18-13-5-4-11(15)7-12(13)17/h2-7,18H,17H2,1H3. The van der Waals surface area contributed by atoms with Crippen LogP contribution >= 0.6 is 15.9 Å². The Morgan fingerprint density at radius 1 is 1.24 bits per heavy atom. The predicted octanol–water partition coefficient (Wildman–Crippen LogP) is 3.01. The van der Waals surface area contributed by atoms with Gasteiger partial charge in [0.2, 0.25) is 0 Å². The Morgan fingerprint density at radius 3 is 2.57 bits per heavy atom. The summed E-state index contributed by atoms with van der Waals surface area (Å²) in [6, 6.07) is 11.3. The van der Waals surface area contributed by atoms with Crippen molar-refractivity contribution in [2.45, 2.75) is 11.8 Å². The molecule has 0 bridgehead atoms. The maximum Gasteiger partial charge on any atom is 0.262 e. The lowest BCUT2D eigenvalue weighted by Gasteiger charge is -2.12. The molecule has 0 unspecified atom stereocenters. The molecule has 0 saturated carbocycles. The van der Waals surface area contributed by atoms with Gasteiger partial charge in [0, 0.05) is 4.47 Å². The normalized spacial score (nSPS) is 10.9. The first-order valence-electron chi connectivity index (χ1n) is 5.92. The molecular formula is C14H12BrN3O2S. The van der Waals surface area contributed by atoms with Gasteiger partial charge in [0.1, 0.15) is 0 Å². The molecule has 2 rings (SSSR count). The molecule has 5 nitrogen and oxygen atoms in total. The van der Waals surface area contributed by atoms with Crippen LogP contribution in [0.2, 0.25) is 0 Å². The number of nitriles is 1. The van der Waals surface area contributed by atoms with E-state index in [9.17, 15) is 8.42 Å². The van der Waals surface area contributed by atoms with E-state index < -0.39 is 10.0 Å². The fourth-order valence-electron chi connectivity index (χ4n) is 1.79. The van der Waals surface area contributed by atoms with Crippen LogP contribution in [-0.4, -0.2) is 8.42 Å². The lowest BCUT2D eigenvalue weighted by Crippen LogP contribution is -2.15. The molecule has 0 amide bonds. The minimum absolute atomic E-state index is 0.0591. The number of aryl methyl sites for hydroxylation is 1. The third kappa shape index (κ3) is 3.35. The molecule has 7 heteroatoms. The number of sulfonamides is 1. The first kappa shape index (κ1) is 15.4. The smallest absolute Gasteiger partial charge is 0.262 e. The van der Waals surface area contributed by atoms with Crippen LogP contribution in [0.3, 0.4) is 0 Å². The number of anilines is 2. The van der Waals surface area contributed by atoms with Crippen LogP contribution in [0.25, 0.3) is 0 Å². The summed E-state index contributed by atoms with van der Waals surface area (Å²) < 4.78 is 28.1. The zero-order valence-electron chi connectivity index (χ0n) is 11.1. The zero-order valence-corrected chi connectivity index (χ0v) is 13.5. The number of benzene rings is 2. The molecule has 0 aromatic heterocycles. The number of hydrogen-bond acceptors (Lipinski definition) is 4. The van der Waals surface area contributed by atoms with Crippen molar-refractivity contribution < 1.29 is 8.42 Å². The van der Waals surface area contributed by atoms with Crippen molar-refractivity contribution in [3.63, 3.8) is 0 Å². The van der Waals surface area contributed by atoms with Gasteiger partial charge in [-0.15, -0.1) is 0 Å². The molecule has 2 aromatic carbocycles. The van der Waals surface area contributed by atoms with Crippen molar-refractivity contribution >= 4 is 37.3 Å². The number of rotatable bonds is 3. The highest BCUT2D eigenvalue weighted by Gasteiger charge is 2.18. The minimum Gasteiger partial charge on any atom is -0.397 e. The summed E-state index contributed by atoms with van der Waals surface area (Å²) in [6.07, 6.45) is 0. The van der Waals surface area contributed by atoms with Crippen molar-refractivity contribution in [2.75, 3.05) is 10.5 Å². The number of hydrogen-bond donors (Lipinski definition) is 2. The number of halogens is 1.